The Balaban J connectivity index is 1.93. The fourth-order valence-corrected chi connectivity index (χ4v) is 2.07. The third-order valence-corrected chi connectivity index (χ3v) is 3.18. The van der Waals surface area contributed by atoms with Gasteiger partial charge in [-0.05, 0) is 25.3 Å². The number of carbonyl (C=O) groups excluding carboxylic acids is 1. The molecule has 0 radical (unpaired) electrons. The average Bonchev–Trinajstić information content (AvgIpc) is 2.33. The highest BCUT2D eigenvalue weighted by molar-refractivity contribution is 5.83. The van der Waals surface area contributed by atoms with Gasteiger partial charge in [-0.15, -0.1) is 0 Å². The zero-order chi connectivity index (χ0) is 11.4. The molecule has 0 N–H and O–H groups in total. The molecule has 0 saturated carbocycles. The maximum Gasteiger partial charge on any atom is 0.140 e. The monoisotopic (exact) mass is 218 g/mol. The zero-order valence-electron chi connectivity index (χ0n) is 9.74. The molecular weight excluding hydrogens is 200 g/mol. The highest BCUT2D eigenvalue weighted by Gasteiger charge is 2.21. The molecule has 1 fully saturated rings. The molecule has 0 unspecified atom stereocenters. The third-order valence-electron chi connectivity index (χ3n) is 3.18. The molecule has 1 saturated heterocycles. The van der Waals surface area contributed by atoms with Gasteiger partial charge in [0.25, 0.3) is 0 Å². The second-order valence-electron chi connectivity index (χ2n) is 4.52. The number of ether oxygens (including phenoxy) is 1. The lowest BCUT2D eigenvalue weighted by Gasteiger charge is -2.20. The van der Waals surface area contributed by atoms with E-state index in [-0.39, 0.29) is 5.92 Å². The predicted octanol–water partition coefficient (Wildman–Crippen LogP) is 2.53. The van der Waals surface area contributed by atoms with E-state index < -0.39 is 0 Å². The van der Waals surface area contributed by atoms with E-state index in [0.29, 0.717) is 12.2 Å². The van der Waals surface area contributed by atoms with Gasteiger partial charge in [-0.3, -0.25) is 4.79 Å². The number of rotatable bonds is 3. The Morgan fingerprint density at radius 2 is 1.88 bits per heavy atom. The van der Waals surface area contributed by atoms with Crippen molar-refractivity contribution in [3.8, 4) is 0 Å². The first kappa shape index (κ1) is 11.3. The topological polar surface area (TPSA) is 26.3 Å². The van der Waals surface area contributed by atoms with E-state index in [1.807, 2.05) is 12.1 Å². The lowest BCUT2D eigenvalue weighted by Crippen LogP contribution is -2.24. The first-order chi connectivity index (χ1) is 7.75. The summed E-state index contributed by atoms with van der Waals surface area (Å²) in [7, 11) is 0. The van der Waals surface area contributed by atoms with Gasteiger partial charge >= 0.3 is 0 Å². The molecule has 2 nitrogen and oxygen atoms in total. The molecule has 16 heavy (non-hydrogen) atoms. The Hall–Kier alpha value is -1.15. The fraction of sp³-hybridized carbons (Fsp3) is 0.500. The summed E-state index contributed by atoms with van der Waals surface area (Å²) < 4.78 is 5.26. The maximum atomic E-state index is 12.0. The first-order valence-electron chi connectivity index (χ1n) is 5.92. The van der Waals surface area contributed by atoms with Crippen molar-refractivity contribution in [1.82, 2.24) is 0 Å². The Morgan fingerprint density at radius 3 is 2.50 bits per heavy atom. The van der Waals surface area contributed by atoms with Gasteiger partial charge in [0.1, 0.15) is 5.78 Å². The molecule has 0 spiro atoms. The van der Waals surface area contributed by atoms with Gasteiger partial charge in [0.05, 0.1) is 0 Å². The van der Waals surface area contributed by atoms with Crippen molar-refractivity contribution >= 4 is 5.78 Å². The normalized spacial score (nSPS) is 17.3. The molecule has 1 aliphatic heterocycles. The molecule has 1 aromatic carbocycles. The number of ketones is 1. The summed E-state index contributed by atoms with van der Waals surface area (Å²) in [6, 6.07) is 8.22. The summed E-state index contributed by atoms with van der Waals surface area (Å²) in [4.78, 5) is 12.0. The molecule has 0 atom stereocenters. The van der Waals surface area contributed by atoms with Crippen LogP contribution >= 0.6 is 0 Å². The lowest BCUT2D eigenvalue weighted by molar-refractivity contribution is -0.125. The summed E-state index contributed by atoms with van der Waals surface area (Å²) in [5, 5.41) is 0. The Morgan fingerprint density at radius 1 is 1.25 bits per heavy atom. The minimum atomic E-state index is 0.218. The van der Waals surface area contributed by atoms with Gasteiger partial charge in [-0.25, -0.2) is 0 Å². The van der Waals surface area contributed by atoms with Crippen LogP contribution in [0.1, 0.15) is 24.0 Å². The van der Waals surface area contributed by atoms with Crippen molar-refractivity contribution in [2.24, 2.45) is 5.92 Å². The highest BCUT2D eigenvalue weighted by Crippen LogP contribution is 2.18. The Kier molecular flexibility index (Phi) is 3.73. The smallest absolute Gasteiger partial charge is 0.140 e. The van der Waals surface area contributed by atoms with Gasteiger partial charge < -0.3 is 4.74 Å². The molecule has 0 aliphatic carbocycles. The van der Waals surface area contributed by atoms with Crippen LogP contribution in [0, 0.1) is 12.8 Å². The molecule has 1 aromatic rings. The second-order valence-corrected chi connectivity index (χ2v) is 4.52. The van der Waals surface area contributed by atoms with Crippen molar-refractivity contribution in [2.45, 2.75) is 26.2 Å². The van der Waals surface area contributed by atoms with Gasteiger partial charge in [0, 0.05) is 25.6 Å². The van der Waals surface area contributed by atoms with Crippen LogP contribution in [0.15, 0.2) is 24.3 Å². The van der Waals surface area contributed by atoms with Crippen molar-refractivity contribution < 1.29 is 9.53 Å². The third kappa shape index (κ3) is 2.92. The van der Waals surface area contributed by atoms with Gasteiger partial charge in [0.2, 0.25) is 0 Å². The van der Waals surface area contributed by atoms with Crippen molar-refractivity contribution in [3.63, 3.8) is 0 Å². The molecule has 0 amide bonds. The van der Waals surface area contributed by atoms with E-state index in [2.05, 4.69) is 19.1 Å². The highest BCUT2D eigenvalue weighted by atomic mass is 16.5. The Bertz CT molecular complexity index is 348. The summed E-state index contributed by atoms with van der Waals surface area (Å²) in [6.07, 6.45) is 2.36. The number of aryl methyl sites for hydroxylation is 1. The molecule has 1 heterocycles. The molecule has 1 aliphatic rings. The summed E-state index contributed by atoms with van der Waals surface area (Å²) >= 11 is 0. The van der Waals surface area contributed by atoms with Crippen LogP contribution in [0.3, 0.4) is 0 Å². The van der Waals surface area contributed by atoms with E-state index in [0.717, 1.165) is 31.6 Å². The Labute approximate surface area is 96.6 Å². The van der Waals surface area contributed by atoms with Gasteiger partial charge in [-0.2, -0.15) is 0 Å². The zero-order valence-corrected chi connectivity index (χ0v) is 9.74. The average molecular weight is 218 g/mol. The lowest BCUT2D eigenvalue weighted by atomic mass is 9.91. The van der Waals surface area contributed by atoms with E-state index in [4.69, 9.17) is 4.74 Å². The number of Topliss-reactive ketones (excluding diaryl/α,β-unsaturated/α-hetero) is 1. The van der Waals surface area contributed by atoms with E-state index in [1.165, 1.54) is 5.56 Å². The molecule has 86 valence electrons. The van der Waals surface area contributed by atoms with E-state index in [9.17, 15) is 4.79 Å². The number of benzene rings is 1. The van der Waals surface area contributed by atoms with Crippen molar-refractivity contribution in [2.75, 3.05) is 13.2 Å². The van der Waals surface area contributed by atoms with Crippen LogP contribution in [-0.2, 0) is 16.0 Å². The first-order valence-corrected chi connectivity index (χ1v) is 5.92. The summed E-state index contributed by atoms with van der Waals surface area (Å²) in [6.45, 7) is 3.54. The molecule has 2 heteroatoms. The van der Waals surface area contributed by atoms with Crippen molar-refractivity contribution in [1.29, 1.82) is 0 Å². The largest absolute Gasteiger partial charge is 0.381 e. The van der Waals surface area contributed by atoms with Crippen LogP contribution < -0.4 is 0 Å². The number of hydrogen-bond donors (Lipinski definition) is 0. The number of hydrogen-bond acceptors (Lipinski definition) is 2. The van der Waals surface area contributed by atoms with E-state index in [1.54, 1.807) is 0 Å². The molecule has 0 bridgehead atoms. The van der Waals surface area contributed by atoms with Crippen LogP contribution in [0.4, 0.5) is 0 Å². The van der Waals surface area contributed by atoms with Crippen LogP contribution in [0.2, 0.25) is 0 Å². The molecule has 0 aromatic heterocycles. The molecule has 2 rings (SSSR count). The van der Waals surface area contributed by atoms with Crippen LogP contribution in [-0.4, -0.2) is 19.0 Å². The van der Waals surface area contributed by atoms with Gasteiger partial charge in [0.15, 0.2) is 0 Å². The standard InChI is InChI=1S/C14H18O2/c1-11-2-4-12(5-3-11)10-14(15)13-6-8-16-9-7-13/h2-5,13H,6-10H2,1H3. The molecular formula is C14H18O2. The quantitative estimate of drug-likeness (QED) is 0.779. The van der Waals surface area contributed by atoms with Crippen molar-refractivity contribution in [3.05, 3.63) is 35.4 Å². The minimum Gasteiger partial charge on any atom is -0.381 e. The minimum absolute atomic E-state index is 0.218. The SMILES string of the molecule is Cc1ccc(CC(=O)C2CCOCC2)cc1. The van der Waals surface area contributed by atoms with Gasteiger partial charge in [-0.1, -0.05) is 29.8 Å². The fourth-order valence-electron chi connectivity index (χ4n) is 2.07. The number of carbonyl (C=O) groups is 1. The maximum absolute atomic E-state index is 12.0. The van der Waals surface area contributed by atoms with Crippen LogP contribution in [0.5, 0.6) is 0 Å². The second kappa shape index (κ2) is 5.26. The predicted molar refractivity (Wildman–Crippen MR) is 63.4 cm³/mol. The van der Waals surface area contributed by atoms with E-state index >= 15 is 0 Å². The van der Waals surface area contributed by atoms with Crippen LogP contribution in [0.25, 0.3) is 0 Å². The summed E-state index contributed by atoms with van der Waals surface area (Å²) in [5.74, 6) is 0.585. The summed E-state index contributed by atoms with van der Waals surface area (Å²) in [5.41, 5.74) is 2.37.